The van der Waals surface area contributed by atoms with Crippen molar-refractivity contribution in [3.8, 4) is 78.7 Å². The third kappa shape index (κ3) is 6.78. The van der Waals surface area contributed by atoms with Gasteiger partial charge in [-0.1, -0.05) is 188 Å². The Bertz CT molecular complexity index is 3940. The van der Waals surface area contributed by atoms with Gasteiger partial charge in [-0.05, 0) is 94.5 Å². The lowest BCUT2D eigenvalue weighted by Gasteiger charge is -2.18. The summed E-state index contributed by atoms with van der Waals surface area (Å²) in [6, 6.07) is 91.3. The highest BCUT2D eigenvalue weighted by Gasteiger charge is 2.20. The van der Waals surface area contributed by atoms with E-state index in [1.54, 1.807) is 0 Å². The fraction of sp³-hybridized carbons (Fsp3) is 0. The third-order valence-electron chi connectivity index (χ3n) is 13.3. The van der Waals surface area contributed by atoms with Gasteiger partial charge in [-0.15, -0.1) is 0 Å². The predicted molar refractivity (Wildman–Crippen MR) is 283 cm³/mol. The van der Waals surface area contributed by atoms with Crippen LogP contribution in [0.3, 0.4) is 0 Å². The van der Waals surface area contributed by atoms with Crippen molar-refractivity contribution in [2.45, 2.75) is 0 Å². The summed E-state index contributed by atoms with van der Waals surface area (Å²) >= 11 is 0. The summed E-state index contributed by atoms with van der Waals surface area (Å²) in [5.74, 6) is 0.688. The number of benzene rings is 10. The van der Waals surface area contributed by atoms with Crippen molar-refractivity contribution in [2.24, 2.45) is 0 Å². The lowest BCUT2D eigenvalue weighted by atomic mass is 9.97. The van der Waals surface area contributed by atoms with E-state index in [0.717, 1.165) is 67.1 Å². The zero-order valence-electron chi connectivity index (χ0n) is 37.0. The number of hydrogen-bond acceptors (Lipinski definition) is 2. The first-order chi connectivity index (χ1) is 33.7. The molecule has 13 rings (SSSR count). The molecule has 0 atom stereocenters. The molecule has 0 aliphatic rings. The molecule has 0 bridgehead atoms. The summed E-state index contributed by atoms with van der Waals surface area (Å²) in [5, 5.41) is 4.87. The van der Waals surface area contributed by atoms with Gasteiger partial charge in [0.15, 0.2) is 5.82 Å². The average molecular weight is 867 g/mol. The molecule has 4 heteroatoms. The van der Waals surface area contributed by atoms with Crippen molar-refractivity contribution in [2.75, 3.05) is 0 Å². The molecule has 0 fully saturated rings. The zero-order chi connectivity index (χ0) is 45.0. The Morgan fingerprint density at radius 1 is 0.250 bits per heavy atom. The molecule has 0 spiro atoms. The first-order valence-corrected chi connectivity index (χ1v) is 23.1. The molecule has 0 saturated carbocycles. The Hall–Kier alpha value is -9.12. The summed E-state index contributed by atoms with van der Waals surface area (Å²) in [6.07, 6.45) is 0. The molecule has 0 unspecified atom stereocenters. The van der Waals surface area contributed by atoms with Crippen molar-refractivity contribution < 1.29 is 0 Å². The van der Waals surface area contributed by atoms with Crippen LogP contribution in [0.2, 0.25) is 0 Å². The van der Waals surface area contributed by atoms with Gasteiger partial charge in [0.25, 0.3) is 0 Å². The van der Waals surface area contributed by atoms with Crippen molar-refractivity contribution in [1.82, 2.24) is 19.1 Å². The second kappa shape index (κ2) is 16.4. The summed E-state index contributed by atoms with van der Waals surface area (Å²) in [5.41, 5.74) is 18.5. The van der Waals surface area contributed by atoms with Crippen LogP contribution >= 0.6 is 0 Å². The predicted octanol–water partition coefficient (Wildman–Crippen LogP) is 16.7. The first kappa shape index (κ1) is 39.3. The highest BCUT2D eigenvalue weighted by atomic mass is 15.0. The number of rotatable bonds is 8. The van der Waals surface area contributed by atoms with Crippen LogP contribution in [0.15, 0.2) is 255 Å². The van der Waals surface area contributed by atoms with Crippen LogP contribution in [-0.2, 0) is 0 Å². The Kier molecular flexibility index (Phi) is 9.47. The van der Waals surface area contributed by atoms with Gasteiger partial charge < -0.3 is 9.13 Å². The minimum Gasteiger partial charge on any atom is -0.309 e. The maximum atomic E-state index is 5.30. The number of para-hydroxylation sites is 2. The van der Waals surface area contributed by atoms with E-state index < -0.39 is 0 Å². The highest BCUT2D eigenvalue weighted by Crippen LogP contribution is 2.42. The standard InChI is InChI=1S/C64H42N4/c1-5-18-43(19-6-1)47-32-35-62-55(39-47)52-28-13-15-30-59(52)67(62)51-27-17-26-49(38-51)54-41-50(58-42-57(45-22-9-3-10-23-45)65-64(66-58)46-24-11-4-12-25-46)34-37-61(54)68-60-31-16-14-29-53(60)56-40-48(33-36-63(56)68)44-20-7-2-8-21-44/h1-42H. The molecule has 0 saturated heterocycles. The van der Waals surface area contributed by atoms with Crippen LogP contribution in [-0.4, -0.2) is 19.1 Å². The minimum atomic E-state index is 0.688. The highest BCUT2D eigenvalue weighted by molar-refractivity contribution is 6.12. The van der Waals surface area contributed by atoms with Crippen LogP contribution in [0.25, 0.3) is 122 Å². The summed E-state index contributed by atoms with van der Waals surface area (Å²) in [7, 11) is 0. The Morgan fingerprint density at radius 2 is 0.706 bits per heavy atom. The summed E-state index contributed by atoms with van der Waals surface area (Å²) in [4.78, 5) is 10.4. The largest absolute Gasteiger partial charge is 0.309 e. The second-order valence-corrected chi connectivity index (χ2v) is 17.4. The van der Waals surface area contributed by atoms with Crippen molar-refractivity contribution >= 4 is 43.6 Å². The van der Waals surface area contributed by atoms with Crippen LogP contribution in [0.4, 0.5) is 0 Å². The summed E-state index contributed by atoms with van der Waals surface area (Å²) < 4.78 is 4.86. The number of fused-ring (bicyclic) bond motifs is 6. The fourth-order valence-electron chi connectivity index (χ4n) is 10.1. The third-order valence-corrected chi connectivity index (χ3v) is 13.3. The number of aromatic nitrogens is 4. The van der Waals surface area contributed by atoms with Gasteiger partial charge in [-0.25, -0.2) is 9.97 Å². The molecule has 13 aromatic rings. The maximum absolute atomic E-state index is 5.30. The Labute approximate surface area is 394 Å². The fourth-order valence-corrected chi connectivity index (χ4v) is 10.1. The zero-order valence-corrected chi connectivity index (χ0v) is 37.0. The average Bonchev–Trinajstić information content (AvgIpc) is 3.94. The summed E-state index contributed by atoms with van der Waals surface area (Å²) in [6.45, 7) is 0. The molecule has 3 heterocycles. The molecule has 10 aromatic carbocycles. The Balaban J connectivity index is 1.05. The molecule has 68 heavy (non-hydrogen) atoms. The van der Waals surface area contributed by atoms with E-state index in [4.69, 9.17) is 9.97 Å². The van der Waals surface area contributed by atoms with E-state index in [-0.39, 0.29) is 0 Å². The van der Waals surface area contributed by atoms with E-state index in [9.17, 15) is 0 Å². The maximum Gasteiger partial charge on any atom is 0.160 e. The van der Waals surface area contributed by atoms with Crippen molar-refractivity contribution in [1.29, 1.82) is 0 Å². The Morgan fingerprint density at radius 3 is 1.31 bits per heavy atom. The second-order valence-electron chi connectivity index (χ2n) is 17.4. The van der Waals surface area contributed by atoms with Gasteiger partial charge in [-0.3, -0.25) is 0 Å². The van der Waals surface area contributed by atoms with Gasteiger partial charge >= 0.3 is 0 Å². The van der Waals surface area contributed by atoms with Gasteiger partial charge in [0.1, 0.15) is 0 Å². The first-order valence-electron chi connectivity index (χ1n) is 23.1. The van der Waals surface area contributed by atoms with Gasteiger partial charge in [0, 0.05) is 49.5 Å². The van der Waals surface area contributed by atoms with E-state index in [1.165, 1.54) is 49.3 Å². The van der Waals surface area contributed by atoms with E-state index in [0.29, 0.717) is 5.82 Å². The normalized spacial score (nSPS) is 11.5. The van der Waals surface area contributed by atoms with Gasteiger partial charge in [0.05, 0.1) is 39.1 Å². The molecule has 0 aliphatic carbocycles. The molecule has 3 aromatic heterocycles. The SMILES string of the molecule is c1ccc(-c2ccc3c(c2)c2ccccc2n3-c2cccc(-c3cc(-c4cc(-c5ccccc5)nc(-c5ccccc5)n4)ccc3-n3c4ccccc4c4cc(-c5ccccc5)ccc43)c2)cc1. The minimum absolute atomic E-state index is 0.688. The molecular formula is C64H42N4. The van der Waals surface area contributed by atoms with Gasteiger partial charge in [-0.2, -0.15) is 0 Å². The van der Waals surface area contributed by atoms with Crippen molar-refractivity contribution in [3.63, 3.8) is 0 Å². The van der Waals surface area contributed by atoms with Gasteiger partial charge in [0.2, 0.25) is 0 Å². The molecule has 318 valence electrons. The molecule has 0 aliphatic heterocycles. The van der Waals surface area contributed by atoms with Crippen LogP contribution in [0.1, 0.15) is 0 Å². The monoisotopic (exact) mass is 866 g/mol. The van der Waals surface area contributed by atoms with Crippen LogP contribution < -0.4 is 0 Å². The number of nitrogens with zero attached hydrogens (tertiary/aromatic N) is 4. The van der Waals surface area contributed by atoms with Crippen molar-refractivity contribution in [3.05, 3.63) is 255 Å². The molecule has 0 amide bonds. The smallest absolute Gasteiger partial charge is 0.160 e. The topological polar surface area (TPSA) is 35.6 Å². The lowest BCUT2D eigenvalue weighted by molar-refractivity contribution is 1.16. The number of hydrogen-bond donors (Lipinski definition) is 0. The van der Waals surface area contributed by atoms with E-state index in [2.05, 4.69) is 240 Å². The van der Waals surface area contributed by atoms with Crippen LogP contribution in [0, 0.1) is 0 Å². The molecular weight excluding hydrogens is 825 g/mol. The molecule has 0 N–H and O–H groups in total. The quantitative estimate of drug-likeness (QED) is 0.153. The van der Waals surface area contributed by atoms with E-state index >= 15 is 0 Å². The van der Waals surface area contributed by atoms with Crippen LogP contribution in [0.5, 0.6) is 0 Å². The van der Waals surface area contributed by atoms with E-state index in [1.807, 2.05) is 24.3 Å². The molecule has 0 radical (unpaired) electrons. The molecule has 4 nitrogen and oxygen atoms in total. The lowest BCUT2D eigenvalue weighted by Crippen LogP contribution is -2.00.